The lowest BCUT2D eigenvalue weighted by atomic mass is 10.1. The van der Waals surface area contributed by atoms with Gasteiger partial charge in [0.2, 0.25) is 10.0 Å². The summed E-state index contributed by atoms with van der Waals surface area (Å²) >= 11 is 11.5. The van der Waals surface area contributed by atoms with E-state index in [1.54, 1.807) is 48.5 Å². The number of nitrogens with two attached hydrogens (primary N) is 1. The molecule has 0 aromatic heterocycles. The summed E-state index contributed by atoms with van der Waals surface area (Å²) < 4.78 is 23.2. The van der Waals surface area contributed by atoms with Crippen LogP contribution in [0, 0.1) is 0 Å². The van der Waals surface area contributed by atoms with Crippen LogP contribution < -0.4 is 14.9 Å². The van der Waals surface area contributed by atoms with Crippen molar-refractivity contribution < 1.29 is 18.0 Å². The van der Waals surface area contributed by atoms with Crippen LogP contribution in [0.25, 0.3) is 6.08 Å². The summed E-state index contributed by atoms with van der Waals surface area (Å²) in [4.78, 5) is 29.1. The van der Waals surface area contributed by atoms with Crippen molar-refractivity contribution in [3.8, 4) is 0 Å². The van der Waals surface area contributed by atoms with Gasteiger partial charge in [-0.2, -0.15) is 0 Å². The predicted molar refractivity (Wildman–Crippen MR) is 131 cm³/mol. The number of amides is 2. The maximum atomic E-state index is 13.4. The number of rotatable bonds is 4. The van der Waals surface area contributed by atoms with Crippen LogP contribution in [0.2, 0.25) is 5.02 Å². The highest BCUT2D eigenvalue weighted by Crippen LogP contribution is 2.31. The summed E-state index contributed by atoms with van der Waals surface area (Å²) in [6.07, 6.45) is 1.49. The molecule has 2 amide bonds. The molecule has 0 aliphatic carbocycles. The van der Waals surface area contributed by atoms with Gasteiger partial charge in [0.25, 0.3) is 11.8 Å². The third-order valence-electron chi connectivity index (χ3n) is 4.87. The van der Waals surface area contributed by atoms with Crippen LogP contribution in [-0.2, 0) is 19.6 Å². The Labute approximate surface area is 200 Å². The average Bonchev–Trinajstić information content (AvgIpc) is 2.78. The van der Waals surface area contributed by atoms with Crippen molar-refractivity contribution in [2.24, 2.45) is 5.14 Å². The SMILES string of the molecule is NS(=O)(=O)c1ccc(N2C(=O)/C(=C\c3ccccc3)C(=O)N(c3ccc(Cl)cc3)C2=S)cc1. The molecule has 0 saturated carbocycles. The van der Waals surface area contributed by atoms with Crippen molar-refractivity contribution in [3.63, 3.8) is 0 Å². The fourth-order valence-electron chi connectivity index (χ4n) is 3.28. The van der Waals surface area contributed by atoms with E-state index in [-0.39, 0.29) is 21.3 Å². The van der Waals surface area contributed by atoms with Crippen molar-refractivity contribution >= 4 is 68.2 Å². The topological polar surface area (TPSA) is 101 Å². The van der Waals surface area contributed by atoms with E-state index in [4.69, 9.17) is 29.0 Å². The van der Waals surface area contributed by atoms with E-state index in [1.807, 2.05) is 6.07 Å². The minimum atomic E-state index is -3.92. The Morgan fingerprint density at radius 3 is 1.76 bits per heavy atom. The molecule has 10 heteroatoms. The second-order valence-electron chi connectivity index (χ2n) is 7.05. The maximum absolute atomic E-state index is 13.4. The molecular formula is C23H16ClN3O4S2. The summed E-state index contributed by atoms with van der Waals surface area (Å²) in [5.74, 6) is -1.23. The van der Waals surface area contributed by atoms with Gasteiger partial charge in [0.05, 0.1) is 16.3 Å². The molecule has 33 heavy (non-hydrogen) atoms. The molecule has 3 aromatic rings. The molecule has 1 heterocycles. The molecule has 0 bridgehead atoms. The summed E-state index contributed by atoms with van der Waals surface area (Å²) in [5.41, 5.74) is 1.25. The molecule has 1 fully saturated rings. The molecule has 0 unspecified atom stereocenters. The molecule has 1 aliphatic rings. The van der Waals surface area contributed by atoms with Crippen LogP contribution in [0.3, 0.4) is 0 Å². The zero-order chi connectivity index (χ0) is 23.8. The van der Waals surface area contributed by atoms with E-state index >= 15 is 0 Å². The van der Waals surface area contributed by atoms with E-state index in [2.05, 4.69) is 0 Å². The number of primary sulfonamides is 1. The van der Waals surface area contributed by atoms with Gasteiger partial charge in [-0.05, 0) is 72.4 Å². The second kappa shape index (κ2) is 8.87. The Morgan fingerprint density at radius 2 is 1.27 bits per heavy atom. The molecule has 1 aliphatic heterocycles. The zero-order valence-electron chi connectivity index (χ0n) is 16.9. The van der Waals surface area contributed by atoms with Crippen LogP contribution in [0.5, 0.6) is 0 Å². The van der Waals surface area contributed by atoms with E-state index < -0.39 is 21.8 Å². The van der Waals surface area contributed by atoms with Gasteiger partial charge in [0, 0.05) is 5.02 Å². The second-order valence-corrected chi connectivity index (χ2v) is 9.41. The molecule has 2 N–H and O–H groups in total. The monoisotopic (exact) mass is 497 g/mol. The lowest BCUT2D eigenvalue weighted by molar-refractivity contribution is -0.120. The Hall–Kier alpha value is -3.37. The average molecular weight is 498 g/mol. The number of hydrogen-bond donors (Lipinski definition) is 1. The lowest BCUT2D eigenvalue weighted by Crippen LogP contribution is -2.56. The highest BCUT2D eigenvalue weighted by atomic mass is 35.5. The van der Waals surface area contributed by atoms with Gasteiger partial charge < -0.3 is 0 Å². The smallest absolute Gasteiger partial charge is 0.268 e. The van der Waals surface area contributed by atoms with Crippen LogP contribution in [0.15, 0.2) is 89.3 Å². The van der Waals surface area contributed by atoms with Crippen LogP contribution >= 0.6 is 23.8 Å². The van der Waals surface area contributed by atoms with Gasteiger partial charge in [-0.15, -0.1) is 0 Å². The van der Waals surface area contributed by atoms with Gasteiger partial charge >= 0.3 is 0 Å². The molecule has 4 rings (SSSR count). The van der Waals surface area contributed by atoms with Crippen LogP contribution in [0.4, 0.5) is 11.4 Å². The minimum Gasteiger partial charge on any atom is -0.268 e. The number of thiocarbonyl (C=S) groups is 1. The van der Waals surface area contributed by atoms with Gasteiger partial charge in [-0.25, -0.2) is 13.6 Å². The van der Waals surface area contributed by atoms with Gasteiger partial charge in [-0.1, -0.05) is 41.9 Å². The van der Waals surface area contributed by atoms with E-state index in [0.717, 1.165) is 0 Å². The Balaban J connectivity index is 1.85. The van der Waals surface area contributed by atoms with Crippen molar-refractivity contribution in [3.05, 3.63) is 95.0 Å². The molecule has 1 saturated heterocycles. The minimum absolute atomic E-state index is 0.0825. The molecular weight excluding hydrogens is 482 g/mol. The number of carbonyl (C=O) groups is 2. The van der Waals surface area contributed by atoms with Crippen molar-refractivity contribution in [2.75, 3.05) is 9.80 Å². The number of carbonyl (C=O) groups excluding carboxylic acids is 2. The largest absolute Gasteiger partial charge is 0.270 e. The Kier molecular flexibility index (Phi) is 6.13. The summed E-state index contributed by atoms with van der Waals surface area (Å²) in [6, 6.07) is 20.7. The predicted octanol–water partition coefficient (Wildman–Crippen LogP) is 3.74. The van der Waals surface area contributed by atoms with Gasteiger partial charge in [0.1, 0.15) is 5.57 Å². The summed E-state index contributed by atoms with van der Waals surface area (Å²) in [5, 5.41) is 5.56. The van der Waals surface area contributed by atoms with E-state index in [1.165, 1.54) is 40.1 Å². The summed E-state index contributed by atoms with van der Waals surface area (Å²) in [6.45, 7) is 0. The van der Waals surface area contributed by atoms with Gasteiger partial charge in [0.15, 0.2) is 5.11 Å². The van der Waals surface area contributed by atoms with E-state index in [0.29, 0.717) is 16.3 Å². The van der Waals surface area contributed by atoms with Crippen molar-refractivity contribution in [1.82, 2.24) is 0 Å². The van der Waals surface area contributed by atoms with Crippen molar-refractivity contribution in [1.29, 1.82) is 0 Å². The van der Waals surface area contributed by atoms with E-state index in [9.17, 15) is 18.0 Å². The molecule has 166 valence electrons. The Morgan fingerprint density at radius 1 is 0.788 bits per heavy atom. The number of hydrogen-bond acceptors (Lipinski definition) is 5. The van der Waals surface area contributed by atoms with Gasteiger partial charge in [-0.3, -0.25) is 19.4 Å². The number of benzene rings is 3. The molecule has 0 radical (unpaired) electrons. The third kappa shape index (κ3) is 4.57. The first-order chi connectivity index (χ1) is 15.7. The molecule has 0 atom stereocenters. The number of anilines is 2. The first-order valence-corrected chi connectivity index (χ1v) is 11.9. The van der Waals surface area contributed by atoms with Crippen LogP contribution in [0.1, 0.15) is 5.56 Å². The fourth-order valence-corrected chi connectivity index (χ4v) is 4.29. The normalized spacial score (nSPS) is 15.9. The zero-order valence-corrected chi connectivity index (χ0v) is 19.3. The highest BCUT2D eigenvalue weighted by molar-refractivity contribution is 7.89. The van der Waals surface area contributed by atoms with Crippen LogP contribution in [-0.4, -0.2) is 25.3 Å². The quantitative estimate of drug-likeness (QED) is 0.336. The first kappa shape index (κ1) is 22.8. The number of nitrogens with zero attached hydrogens (tertiary/aromatic N) is 2. The lowest BCUT2D eigenvalue weighted by Gasteiger charge is -2.36. The Bertz CT molecular complexity index is 1390. The first-order valence-electron chi connectivity index (χ1n) is 9.55. The fraction of sp³-hybridized carbons (Fsp3) is 0. The summed E-state index contributed by atoms with van der Waals surface area (Å²) in [7, 11) is -3.92. The molecule has 7 nitrogen and oxygen atoms in total. The van der Waals surface area contributed by atoms with Crippen molar-refractivity contribution in [2.45, 2.75) is 4.90 Å². The highest BCUT2D eigenvalue weighted by Gasteiger charge is 2.41. The number of sulfonamides is 1. The number of halogens is 1. The molecule has 0 spiro atoms. The third-order valence-corrected chi connectivity index (χ3v) is 6.41. The maximum Gasteiger partial charge on any atom is 0.270 e. The molecule has 3 aromatic carbocycles. The standard InChI is InChI=1S/C23H16ClN3O4S2/c24-16-6-8-17(9-7-16)26-21(28)20(14-15-4-2-1-3-5-15)22(29)27(23(26)32)18-10-12-19(13-11-18)33(25,30)31/h1-14H,(H2,25,30,31)/b20-14-.